The average molecular weight is 412 g/mol. The van der Waals surface area contributed by atoms with Crippen molar-refractivity contribution in [3.63, 3.8) is 0 Å². The highest BCUT2D eigenvalue weighted by Crippen LogP contribution is 2.32. The van der Waals surface area contributed by atoms with Crippen LogP contribution in [0.15, 0.2) is 52.1 Å². The molecular weight excluding hydrogens is 394 g/mol. The number of likely N-dealkylation sites (tertiary alicyclic amines) is 1. The maximum atomic E-state index is 14.0. The van der Waals surface area contributed by atoms with E-state index in [0.717, 1.165) is 6.07 Å². The van der Waals surface area contributed by atoms with Gasteiger partial charge in [-0.3, -0.25) is 4.79 Å². The van der Waals surface area contributed by atoms with E-state index in [0.29, 0.717) is 35.0 Å². The molecule has 4 rings (SSSR count). The van der Waals surface area contributed by atoms with E-state index in [4.69, 9.17) is 9.36 Å². The number of halogens is 2. The van der Waals surface area contributed by atoms with Gasteiger partial charge in [-0.1, -0.05) is 22.4 Å². The third kappa shape index (κ3) is 3.78. The summed E-state index contributed by atoms with van der Waals surface area (Å²) in [6.45, 7) is 1.96. The second kappa shape index (κ2) is 8.02. The molecule has 0 spiro atoms. The second-order valence-corrected chi connectivity index (χ2v) is 6.87. The molecule has 1 aliphatic heterocycles. The van der Waals surface area contributed by atoms with Crippen molar-refractivity contribution in [2.45, 2.75) is 19.4 Å². The summed E-state index contributed by atoms with van der Waals surface area (Å²) in [5, 5.41) is 7.76. The number of hydrogen-bond acceptors (Lipinski definition) is 6. The third-order valence-corrected chi connectivity index (χ3v) is 4.84. The summed E-state index contributed by atoms with van der Waals surface area (Å²) in [7, 11) is 1.44. The first-order valence-corrected chi connectivity index (χ1v) is 9.22. The molecule has 154 valence electrons. The van der Waals surface area contributed by atoms with Gasteiger partial charge in [0.25, 0.3) is 5.91 Å². The Kier molecular flexibility index (Phi) is 5.26. The van der Waals surface area contributed by atoms with Crippen molar-refractivity contribution in [2.75, 3.05) is 13.7 Å². The molecule has 1 fully saturated rings. The molecule has 1 atom stereocenters. The number of hydrogen-bond donors (Lipinski definition) is 0. The predicted molar refractivity (Wildman–Crippen MR) is 104 cm³/mol. The van der Waals surface area contributed by atoms with Gasteiger partial charge in [-0.2, -0.15) is 4.98 Å². The monoisotopic (exact) mass is 412 g/mol. The number of carbonyl (C=O) groups is 1. The van der Waals surface area contributed by atoms with Crippen molar-refractivity contribution in [3.8, 4) is 11.1 Å². The Hall–Kier alpha value is -3.62. The first-order valence-electron chi connectivity index (χ1n) is 9.22. The van der Waals surface area contributed by atoms with E-state index in [2.05, 4.69) is 15.3 Å². The Morgan fingerprint density at radius 2 is 2.00 bits per heavy atom. The highest BCUT2D eigenvalue weighted by atomic mass is 19.1. The minimum Gasteiger partial charge on any atom is -0.399 e. The third-order valence-electron chi connectivity index (χ3n) is 4.84. The predicted octanol–water partition coefficient (Wildman–Crippen LogP) is 3.91. The Balaban J connectivity index is 1.61. The summed E-state index contributed by atoms with van der Waals surface area (Å²) in [4.78, 5) is 23.8. The number of aryl methyl sites for hydroxylation is 1. The molecule has 7 nitrogen and oxygen atoms in total. The lowest BCUT2D eigenvalue weighted by Gasteiger charge is -2.21. The van der Waals surface area contributed by atoms with Gasteiger partial charge < -0.3 is 14.3 Å². The molecule has 0 bridgehead atoms. The van der Waals surface area contributed by atoms with E-state index in [1.54, 1.807) is 36.1 Å². The number of aromatic nitrogens is 2. The van der Waals surface area contributed by atoms with Crippen molar-refractivity contribution >= 4 is 11.6 Å². The van der Waals surface area contributed by atoms with Crippen molar-refractivity contribution in [1.82, 2.24) is 15.0 Å². The Bertz CT molecular complexity index is 1110. The first kappa shape index (κ1) is 19.7. The molecule has 0 saturated carbocycles. The van der Waals surface area contributed by atoms with Gasteiger partial charge in [-0.05, 0) is 36.8 Å². The van der Waals surface area contributed by atoms with Crippen molar-refractivity contribution in [2.24, 2.45) is 5.16 Å². The van der Waals surface area contributed by atoms with Crippen LogP contribution in [-0.2, 0) is 4.84 Å². The molecule has 0 aliphatic carbocycles. The lowest BCUT2D eigenvalue weighted by atomic mass is 10.0. The normalized spacial score (nSPS) is 17.5. The maximum Gasteiger partial charge on any atom is 0.254 e. The number of rotatable bonds is 4. The van der Waals surface area contributed by atoms with Gasteiger partial charge in [-0.25, -0.2) is 8.78 Å². The second-order valence-electron chi connectivity index (χ2n) is 6.87. The van der Waals surface area contributed by atoms with Crippen molar-refractivity contribution in [1.29, 1.82) is 0 Å². The number of carbonyl (C=O) groups excluding carboxylic acids is 1. The molecular formula is C21H18F2N4O3. The van der Waals surface area contributed by atoms with E-state index in [9.17, 15) is 13.6 Å². The van der Waals surface area contributed by atoms with E-state index >= 15 is 0 Å². The Labute approximate surface area is 170 Å². The number of amides is 1. The van der Waals surface area contributed by atoms with Gasteiger partial charge in [0.05, 0.1) is 12.3 Å². The average Bonchev–Trinajstić information content (AvgIpc) is 3.34. The summed E-state index contributed by atoms with van der Waals surface area (Å²) in [5.74, 6) is -0.774. The quantitative estimate of drug-likeness (QED) is 0.607. The summed E-state index contributed by atoms with van der Waals surface area (Å²) in [5.41, 5.74) is 1.87. The van der Waals surface area contributed by atoms with Gasteiger partial charge in [0, 0.05) is 23.6 Å². The van der Waals surface area contributed by atoms with Gasteiger partial charge in [0.2, 0.25) is 5.89 Å². The van der Waals surface area contributed by atoms with Crippen LogP contribution in [0.4, 0.5) is 8.78 Å². The molecule has 2 heterocycles. The summed E-state index contributed by atoms with van der Waals surface area (Å²) in [6, 6.07) is 9.36. The van der Waals surface area contributed by atoms with Crippen LogP contribution in [0.3, 0.4) is 0 Å². The zero-order valence-corrected chi connectivity index (χ0v) is 16.3. The van der Waals surface area contributed by atoms with Gasteiger partial charge >= 0.3 is 0 Å². The van der Waals surface area contributed by atoms with Crippen molar-refractivity contribution in [3.05, 3.63) is 71.4 Å². The largest absolute Gasteiger partial charge is 0.399 e. The highest BCUT2D eigenvalue weighted by molar-refractivity contribution is 6.00. The van der Waals surface area contributed by atoms with Gasteiger partial charge in [0.15, 0.2) is 5.82 Å². The van der Waals surface area contributed by atoms with E-state index in [1.807, 2.05) is 0 Å². The molecule has 0 unspecified atom stereocenters. The minimum atomic E-state index is -0.666. The summed E-state index contributed by atoms with van der Waals surface area (Å²) < 4.78 is 32.4. The van der Waals surface area contributed by atoms with Crippen LogP contribution in [-0.4, -0.2) is 40.3 Å². The van der Waals surface area contributed by atoms with Crippen LogP contribution in [0.25, 0.3) is 11.1 Å². The fourth-order valence-corrected chi connectivity index (χ4v) is 3.46. The molecule has 30 heavy (non-hydrogen) atoms. The lowest BCUT2D eigenvalue weighted by molar-refractivity contribution is 0.0713. The molecule has 0 radical (unpaired) electrons. The molecule has 1 amide bonds. The van der Waals surface area contributed by atoms with E-state index < -0.39 is 17.7 Å². The van der Waals surface area contributed by atoms with E-state index in [-0.39, 0.29) is 18.0 Å². The number of nitrogens with zero attached hydrogens (tertiary/aromatic N) is 4. The van der Waals surface area contributed by atoms with Gasteiger partial charge in [0.1, 0.15) is 24.8 Å². The van der Waals surface area contributed by atoms with Crippen LogP contribution in [0.2, 0.25) is 0 Å². The van der Waals surface area contributed by atoms with Crippen LogP contribution in [0, 0.1) is 18.6 Å². The topological polar surface area (TPSA) is 80.8 Å². The zero-order chi connectivity index (χ0) is 21.3. The fourth-order valence-electron chi connectivity index (χ4n) is 3.46. The van der Waals surface area contributed by atoms with E-state index in [1.165, 1.54) is 19.2 Å². The Morgan fingerprint density at radius 3 is 2.63 bits per heavy atom. The molecule has 1 saturated heterocycles. The molecule has 9 heteroatoms. The van der Waals surface area contributed by atoms with Crippen LogP contribution in [0.1, 0.15) is 34.5 Å². The SMILES string of the molecule is CO/N=C1/C[C@@H](c2nc(C)no2)N(C(=O)c2ccc(-c3ccc(F)cc3F)cc2)C1. The molecule has 0 N–H and O–H groups in total. The standard InChI is InChI=1S/C21H18F2N4O3/c1-12-24-20(30-25-12)19-10-16(26-29-2)11-27(19)21(28)14-5-3-13(4-6-14)17-8-7-15(22)9-18(17)23/h3-9,19H,10-11H2,1-2H3/b26-16-/t19-/m0/s1. The van der Waals surface area contributed by atoms with Crippen LogP contribution < -0.4 is 0 Å². The Morgan fingerprint density at radius 1 is 1.23 bits per heavy atom. The smallest absolute Gasteiger partial charge is 0.254 e. The number of oxime groups is 1. The number of benzene rings is 2. The lowest BCUT2D eigenvalue weighted by Crippen LogP contribution is -2.31. The zero-order valence-electron chi connectivity index (χ0n) is 16.3. The summed E-state index contributed by atoms with van der Waals surface area (Å²) >= 11 is 0. The minimum absolute atomic E-state index is 0.255. The maximum absolute atomic E-state index is 14.0. The van der Waals surface area contributed by atoms with Crippen molar-refractivity contribution < 1.29 is 22.9 Å². The molecule has 2 aromatic carbocycles. The molecule has 3 aromatic rings. The highest BCUT2D eigenvalue weighted by Gasteiger charge is 2.38. The molecule has 1 aliphatic rings. The first-order chi connectivity index (χ1) is 14.5. The fraction of sp³-hybridized carbons (Fsp3) is 0.238. The van der Waals surface area contributed by atoms with Crippen LogP contribution in [0.5, 0.6) is 0 Å². The summed E-state index contributed by atoms with van der Waals surface area (Å²) in [6.07, 6.45) is 0.417. The van der Waals surface area contributed by atoms with Gasteiger partial charge in [-0.15, -0.1) is 0 Å². The molecule has 1 aromatic heterocycles. The van der Waals surface area contributed by atoms with Crippen LogP contribution >= 0.6 is 0 Å².